The lowest BCUT2D eigenvalue weighted by Gasteiger charge is -2.38. The van der Waals surface area contributed by atoms with E-state index >= 15 is 0 Å². The summed E-state index contributed by atoms with van der Waals surface area (Å²) >= 11 is 0. The summed E-state index contributed by atoms with van der Waals surface area (Å²) in [5.74, 6) is -3.57. The fraction of sp³-hybridized carbons (Fsp3) is 0.200. The quantitative estimate of drug-likeness (QED) is 0.426. The van der Waals surface area contributed by atoms with Gasteiger partial charge in [-0.05, 0) is 18.2 Å². The smallest absolute Gasteiger partial charge is 0.261 e. The Kier molecular flexibility index (Phi) is 3.05. The summed E-state index contributed by atoms with van der Waals surface area (Å²) in [6.07, 6.45) is -1.56. The highest BCUT2D eigenvalue weighted by molar-refractivity contribution is 5.52. The average Bonchev–Trinajstić information content (AvgIpc) is 2.44. The first-order chi connectivity index (χ1) is 10.3. The topological polar surface area (TPSA) is 131 Å². The molecule has 22 heavy (non-hydrogen) atoms. The third kappa shape index (κ3) is 2.07. The second-order valence-electron chi connectivity index (χ2n) is 5.16. The van der Waals surface area contributed by atoms with Crippen LogP contribution >= 0.6 is 0 Å². The lowest BCUT2D eigenvalue weighted by atomic mass is 9.91. The molecule has 0 saturated carbocycles. The van der Waals surface area contributed by atoms with E-state index in [9.17, 15) is 30.6 Å². The van der Waals surface area contributed by atoms with E-state index in [0.29, 0.717) is 0 Å². The number of phenols is 4. The number of benzene rings is 2. The molecular weight excluding hydrogens is 292 g/mol. The molecule has 3 rings (SSSR count). The van der Waals surface area contributed by atoms with Crippen molar-refractivity contribution in [2.24, 2.45) is 0 Å². The number of aliphatic hydroxyl groups is 2. The van der Waals surface area contributed by atoms with Crippen LogP contribution < -0.4 is 4.74 Å². The molecule has 1 aliphatic heterocycles. The minimum Gasteiger partial charge on any atom is -0.508 e. The number of aliphatic hydroxyl groups excluding tert-OH is 1. The van der Waals surface area contributed by atoms with E-state index in [0.717, 1.165) is 18.2 Å². The third-order valence-electron chi connectivity index (χ3n) is 3.67. The zero-order valence-electron chi connectivity index (χ0n) is 11.3. The zero-order chi connectivity index (χ0) is 16.1. The summed E-state index contributed by atoms with van der Waals surface area (Å²) in [6.45, 7) is 0. The maximum Gasteiger partial charge on any atom is 0.261 e. The van der Waals surface area contributed by atoms with E-state index in [1.165, 1.54) is 12.1 Å². The molecule has 0 aliphatic carbocycles. The number of ether oxygens (including phenoxy) is 1. The van der Waals surface area contributed by atoms with Crippen molar-refractivity contribution < 1.29 is 35.4 Å². The molecule has 0 fully saturated rings. The fourth-order valence-electron chi connectivity index (χ4n) is 2.48. The van der Waals surface area contributed by atoms with Crippen molar-refractivity contribution in [1.29, 1.82) is 0 Å². The molecule has 0 radical (unpaired) electrons. The summed E-state index contributed by atoms with van der Waals surface area (Å²) in [5, 5.41) is 58.9. The normalized spacial score (nSPS) is 23.6. The van der Waals surface area contributed by atoms with Crippen molar-refractivity contribution in [3.63, 3.8) is 0 Å². The predicted molar refractivity (Wildman–Crippen MR) is 73.8 cm³/mol. The fourth-order valence-corrected chi connectivity index (χ4v) is 2.48. The van der Waals surface area contributed by atoms with Crippen molar-refractivity contribution in [3.05, 3.63) is 41.5 Å². The number of hydrogen-bond acceptors (Lipinski definition) is 7. The van der Waals surface area contributed by atoms with E-state index in [-0.39, 0.29) is 40.5 Å². The summed E-state index contributed by atoms with van der Waals surface area (Å²) < 4.78 is 5.37. The van der Waals surface area contributed by atoms with E-state index in [1.54, 1.807) is 0 Å². The molecule has 0 spiro atoms. The predicted octanol–water partition coefficient (Wildman–Crippen LogP) is 0.650. The standard InChI is InChI=1S/C15H14O7/c16-8-4-11(18)9-6-14(20)15(21,22-13(9)5-8)7-1-2-10(17)12(19)3-7/h1-5,14,16-21H,6H2. The summed E-state index contributed by atoms with van der Waals surface area (Å²) in [4.78, 5) is 0. The molecular formula is C15H14O7. The van der Waals surface area contributed by atoms with Gasteiger partial charge < -0.3 is 35.4 Å². The Bertz CT molecular complexity index is 743. The molecule has 0 aromatic heterocycles. The second-order valence-corrected chi connectivity index (χ2v) is 5.16. The van der Waals surface area contributed by atoms with Gasteiger partial charge in [0.1, 0.15) is 23.4 Å². The van der Waals surface area contributed by atoms with Gasteiger partial charge in [0.05, 0.1) is 0 Å². The van der Waals surface area contributed by atoms with Crippen LogP contribution in [0.25, 0.3) is 0 Å². The molecule has 2 unspecified atom stereocenters. The van der Waals surface area contributed by atoms with Gasteiger partial charge in [-0.15, -0.1) is 0 Å². The molecule has 7 heteroatoms. The molecule has 1 heterocycles. The van der Waals surface area contributed by atoms with Crippen LogP contribution in [-0.2, 0) is 12.2 Å². The summed E-state index contributed by atoms with van der Waals surface area (Å²) in [7, 11) is 0. The van der Waals surface area contributed by atoms with Crippen LogP contribution in [0.5, 0.6) is 28.7 Å². The summed E-state index contributed by atoms with van der Waals surface area (Å²) in [5.41, 5.74) is 0.266. The number of rotatable bonds is 1. The van der Waals surface area contributed by atoms with E-state index in [1.807, 2.05) is 0 Å². The molecule has 0 saturated heterocycles. The number of hydrogen-bond donors (Lipinski definition) is 6. The highest BCUT2D eigenvalue weighted by Gasteiger charge is 2.45. The molecule has 116 valence electrons. The largest absolute Gasteiger partial charge is 0.508 e. The van der Waals surface area contributed by atoms with Crippen LogP contribution in [0.4, 0.5) is 0 Å². The Labute approximate surface area is 124 Å². The van der Waals surface area contributed by atoms with Crippen LogP contribution in [-0.4, -0.2) is 36.7 Å². The van der Waals surface area contributed by atoms with Gasteiger partial charge in [-0.25, -0.2) is 0 Å². The third-order valence-corrected chi connectivity index (χ3v) is 3.67. The summed E-state index contributed by atoms with van der Waals surface area (Å²) in [6, 6.07) is 5.80. The van der Waals surface area contributed by atoms with Crippen LogP contribution in [0.1, 0.15) is 11.1 Å². The molecule has 1 aliphatic rings. The molecule has 2 aromatic rings. The average molecular weight is 306 g/mol. The van der Waals surface area contributed by atoms with E-state index in [4.69, 9.17) is 4.74 Å². The van der Waals surface area contributed by atoms with E-state index < -0.39 is 17.6 Å². The van der Waals surface area contributed by atoms with Crippen LogP contribution in [0.15, 0.2) is 30.3 Å². The maximum atomic E-state index is 10.6. The molecule has 0 bridgehead atoms. The molecule has 7 nitrogen and oxygen atoms in total. The minimum absolute atomic E-state index is 0.0119. The lowest BCUT2D eigenvalue weighted by Crippen LogP contribution is -2.48. The van der Waals surface area contributed by atoms with Crippen molar-refractivity contribution in [1.82, 2.24) is 0 Å². The van der Waals surface area contributed by atoms with Gasteiger partial charge >= 0.3 is 0 Å². The van der Waals surface area contributed by atoms with Crippen molar-refractivity contribution >= 4 is 0 Å². The van der Waals surface area contributed by atoms with Crippen LogP contribution in [0.3, 0.4) is 0 Å². The SMILES string of the molecule is Oc1cc(O)c2c(c1)OC(O)(c1ccc(O)c(O)c1)C(O)C2. The minimum atomic E-state index is -2.20. The Morgan fingerprint density at radius 3 is 2.36 bits per heavy atom. The Hall–Kier alpha value is -2.64. The molecule has 2 aromatic carbocycles. The first-order valence-corrected chi connectivity index (χ1v) is 6.48. The van der Waals surface area contributed by atoms with Crippen molar-refractivity contribution in [2.75, 3.05) is 0 Å². The van der Waals surface area contributed by atoms with Gasteiger partial charge in [0.15, 0.2) is 11.5 Å². The number of aromatic hydroxyl groups is 4. The molecule has 2 atom stereocenters. The van der Waals surface area contributed by atoms with Crippen molar-refractivity contribution in [3.8, 4) is 28.7 Å². The lowest BCUT2D eigenvalue weighted by molar-refractivity contribution is -0.222. The van der Waals surface area contributed by atoms with Gasteiger partial charge in [-0.2, -0.15) is 0 Å². The Balaban J connectivity index is 2.09. The number of fused-ring (bicyclic) bond motifs is 1. The van der Waals surface area contributed by atoms with Gasteiger partial charge in [-0.3, -0.25) is 0 Å². The monoisotopic (exact) mass is 306 g/mol. The van der Waals surface area contributed by atoms with Gasteiger partial charge in [0.25, 0.3) is 5.79 Å². The first-order valence-electron chi connectivity index (χ1n) is 6.48. The Morgan fingerprint density at radius 1 is 0.955 bits per heavy atom. The van der Waals surface area contributed by atoms with Gasteiger partial charge in [0, 0.05) is 29.7 Å². The van der Waals surface area contributed by atoms with Gasteiger partial charge in [-0.1, -0.05) is 0 Å². The van der Waals surface area contributed by atoms with Crippen LogP contribution in [0, 0.1) is 0 Å². The zero-order valence-corrected chi connectivity index (χ0v) is 11.3. The highest BCUT2D eigenvalue weighted by atomic mass is 16.6. The molecule has 6 N–H and O–H groups in total. The second kappa shape index (κ2) is 4.69. The Morgan fingerprint density at radius 2 is 1.68 bits per heavy atom. The van der Waals surface area contributed by atoms with Gasteiger partial charge in [0.2, 0.25) is 0 Å². The maximum absolute atomic E-state index is 10.6. The molecule has 0 amide bonds. The first kappa shape index (κ1) is 14.3. The van der Waals surface area contributed by atoms with E-state index in [2.05, 4.69) is 0 Å². The number of phenolic OH excluding ortho intramolecular Hbond substituents is 4. The van der Waals surface area contributed by atoms with Crippen molar-refractivity contribution in [2.45, 2.75) is 18.3 Å². The highest BCUT2D eigenvalue weighted by Crippen LogP contribution is 2.44. The van der Waals surface area contributed by atoms with Crippen LogP contribution in [0.2, 0.25) is 0 Å².